The van der Waals surface area contributed by atoms with Gasteiger partial charge in [-0.25, -0.2) is 9.78 Å². The van der Waals surface area contributed by atoms with Crippen LogP contribution in [0.3, 0.4) is 0 Å². The van der Waals surface area contributed by atoms with E-state index in [1.807, 2.05) is 36.0 Å². The molecule has 3 rings (SSSR count). The first kappa shape index (κ1) is 12.3. The van der Waals surface area contributed by atoms with E-state index in [0.29, 0.717) is 6.04 Å². The maximum atomic E-state index is 11.1. The zero-order valence-corrected chi connectivity index (χ0v) is 11.1. The summed E-state index contributed by atoms with van der Waals surface area (Å²) < 4.78 is 0. The summed E-state index contributed by atoms with van der Waals surface area (Å²) in [5.41, 5.74) is 1.68. The van der Waals surface area contributed by atoms with Gasteiger partial charge in [0, 0.05) is 22.9 Å². The van der Waals surface area contributed by atoms with Crippen LogP contribution in [-0.4, -0.2) is 33.6 Å². The largest absolute Gasteiger partial charge is 0.477 e. The highest BCUT2D eigenvalue weighted by Crippen LogP contribution is 2.27. The van der Waals surface area contributed by atoms with Crippen molar-refractivity contribution >= 4 is 34.3 Å². The third kappa shape index (κ3) is 2.51. The molecule has 1 unspecified atom stereocenters. The first-order chi connectivity index (χ1) is 9.24. The predicted molar refractivity (Wildman–Crippen MR) is 78.1 cm³/mol. The minimum Gasteiger partial charge on any atom is -0.477 e. The lowest BCUT2D eigenvalue weighted by Gasteiger charge is -2.15. The number of rotatable bonds is 3. The Morgan fingerprint density at radius 3 is 3.00 bits per heavy atom. The molecule has 5 heteroatoms. The number of pyridine rings is 1. The average Bonchev–Trinajstić information content (AvgIpc) is 2.91. The Kier molecular flexibility index (Phi) is 3.29. The Hall–Kier alpha value is -1.75. The Morgan fingerprint density at radius 2 is 2.26 bits per heavy atom. The van der Waals surface area contributed by atoms with Crippen molar-refractivity contribution < 1.29 is 9.90 Å². The van der Waals surface area contributed by atoms with Crippen LogP contribution in [0.15, 0.2) is 30.3 Å². The Balaban J connectivity index is 2.06. The molecule has 1 aromatic heterocycles. The number of hydrogen-bond donors (Lipinski definition) is 2. The van der Waals surface area contributed by atoms with Gasteiger partial charge >= 0.3 is 5.97 Å². The van der Waals surface area contributed by atoms with Crippen LogP contribution < -0.4 is 5.32 Å². The van der Waals surface area contributed by atoms with Gasteiger partial charge in [0.1, 0.15) is 0 Å². The van der Waals surface area contributed by atoms with Gasteiger partial charge in [0.05, 0.1) is 5.52 Å². The van der Waals surface area contributed by atoms with Crippen LogP contribution in [0.4, 0.5) is 5.69 Å². The van der Waals surface area contributed by atoms with Crippen LogP contribution in [0, 0.1) is 0 Å². The second-order valence-corrected chi connectivity index (χ2v) is 5.73. The normalized spacial score (nSPS) is 18.6. The van der Waals surface area contributed by atoms with E-state index in [1.165, 1.54) is 0 Å². The summed E-state index contributed by atoms with van der Waals surface area (Å²) in [6.07, 6.45) is 1.11. The van der Waals surface area contributed by atoms with E-state index in [-0.39, 0.29) is 5.69 Å². The molecule has 1 saturated heterocycles. The fourth-order valence-corrected chi connectivity index (χ4v) is 3.43. The molecule has 0 amide bonds. The molecule has 0 aliphatic carbocycles. The van der Waals surface area contributed by atoms with Gasteiger partial charge in [-0.1, -0.05) is 18.2 Å². The molecule has 2 heterocycles. The molecule has 1 fully saturated rings. The highest BCUT2D eigenvalue weighted by atomic mass is 32.2. The number of aromatic carboxylic acids is 1. The van der Waals surface area contributed by atoms with Crippen molar-refractivity contribution in [2.75, 3.05) is 16.8 Å². The molecule has 1 atom stereocenters. The van der Waals surface area contributed by atoms with Crippen LogP contribution in [0.5, 0.6) is 0 Å². The molecule has 1 aliphatic rings. The molecule has 2 N–H and O–H groups in total. The molecule has 4 nitrogen and oxygen atoms in total. The minimum absolute atomic E-state index is 0.0897. The van der Waals surface area contributed by atoms with Crippen molar-refractivity contribution in [1.29, 1.82) is 0 Å². The number of carboxylic acids is 1. The molecule has 1 aromatic carbocycles. The van der Waals surface area contributed by atoms with E-state index in [0.717, 1.165) is 34.5 Å². The van der Waals surface area contributed by atoms with Crippen molar-refractivity contribution in [3.05, 3.63) is 36.0 Å². The minimum atomic E-state index is -0.991. The summed E-state index contributed by atoms with van der Waals surface area (Å²) in [6.45, 7) is 0. The van der Waals surface area contributed by atoms with Gasteiger partial charge in [0.25, 0.3) is 0 Å². The zero-order chi connectivity index (χ0) is 13.2. The van der Waals surface area contributed by atoms with E-state index in [2.05, 4.69) is 10.3 Å². The fraction of sp³-hybridized carbons (Fsp3) is 0.286. The van der Waals surface area contributed by atoms with E-state index in [1.54, 1.807) is 6.07 Å². The van der Waals surface area contributed by atoms with Crippen molar-refractivity contribution in [3.8, 4) is 0 Å². The van der Waals surface area contributed by atoms with Gasteiger partial charge in [-0.15, -0.1) is 0 Å². The van der Waals surface area contributed by atoms with Crippen molar-refractivity contribution in [2.24, 2.45) is 0 Å². The third-order valence-corrected chi connectivity index (χ3v) is 4.39. The van der Waals surface area contributed by atoms with Crippen molar-refractivity contribution in [2.45, 2.75) is 12.5 Å². The van der Waals surface area contributed by atoms with E-state index in [9.17, 15) is 4.79 Å². The molecule has 0 spiro atoms. The number of nitrogens with zero attached hydrogens (tertiary/aromatic N) is 1. The van der Waals surface area contributed by atoms with Crippen molar-refractivity contribution in [1.82, 2.24) is 4.98 Å². The van der Waals surface area contributed by atoms with Gasteiger partial charge in [-0.3, -0.25) is 0 Å². The molecule has 19 heavy (non-hydrogen) atoms. The van der Waals surface area contributed by atoms with E-state index >= 15 is 0 Å². The molecule has 0 saturated carbocycles. The lowest BCUT2D eigenvalue weighted by Crippen LogP contribution is -2.18. The van der Waals surface area contributed by atoms with Crippen LogP contribution >= 0.6 is 11.8 Å². The number of benzene rings is 1. The smallest absolute Gasteiger partial charge is 0.354 e. The number of thioether (sulfide) groups is 1. The molecule has 98 valence electrons. The first-order valence-corrected chi connectivity index (χ1v) is 7.37. The second kappa shape index (κ2) is 5.09. The van der Waals surface area contributed by atoms with Crippen molar-refractivity contribution in [3.63, 3.8) is 0 Å². The number of para-hydroxylation sites is 1. The lowest BCUT2D eigenvalue weighted by molar-refractivity contribution is 0.0691. The van der Waals surface area contributed by atoms with Gasteiger partial charge in [-0.05, 0) is 24.3 Å². The quantitative estimate of drug-likeness (QED) is 0.901. The fourth-order valence-electron chi connectivity index (χ4n) is 2.27. The summed E-state index contributed by atoms with van der Waals surface area (Å²) in [4.78, 5) is 15.3. The topological polar surface area (TPSA) is 62.2 Å². The number of nitrogens with one attached hydrogen (secondary N) is 1. The average molecular weight is 274 g/mol. The maximum absolute atomic E-state index is 11.1. The lowest BCUT2D eigenvalue weighted by atomic mass is 10.1. The molecule has 1 aliphatic heterocycles. The molecule has 2 aromatic rings. The molecular formula is C14H14N2O2S. The van der Waals surface area contributed by atoms with Crippen LogP contribution in [0.1, 0.15) is 16.9 Å². The van der Waals surface area contributed by atoms with Gasteiger partial charge in [0.15, 0.2) is 5.69 Å². The van der Waals surface area contributed by atoms with Crippen LogP contribution in [-0.2, 0) is 0 Å². The predicted octanol–water partition coefficient (Wildman–Crippen LogP) is 2.85. The van der Waals surface area contributed by atoms with Crippen LogP contribution in [0.2, 0.25) is 0 Å². The standard InChI is InChI=1S/C14H14N2O2S/c17-14(18)13-7-12(15-9-5-6-19-8-9)10-3-1-2-4-11(10)16-13/h1-4,7,9H,5-6,8H2,(H,15,16)(H,17,18). The Bertz CT molecular complexity index is 624. The number of carboxylic acid groups (broad SMARTS) is 1. The summed E-state index contributed by atoms with van der Waals surface area (Å²) in [7, 11) is 0. The Labute approximate surface area is 115 Å². The van der Waals surface area contributed by atoms with Gasteiger partial charge in [-0.2, -0.15) is 11.8 Å². The van der Waals surface area contributed by atoms with E-state index in [4.69, 9.17) is 5.11 Å². The highest BCUT2D eigenvalue weighted by Gasteiger charge is 2.17. The number of hydrogen-bond acceptors (Lipinski definition) is 4. The summed E-state index contributed by atoms with van der Waals surface area (Å²) >= 11 is 1.92. The number of anilines is 1. The summed E-state index contributed by atoms with van der Waals surface area (Å²) in [5.74, 6) is 1.24. The SMILES string of the molecule is O=C(O)c1cc(NC2CCSC2)c2ccccc2n1. The van der Waals surface area contributed by atoms with Gasteiger partial charge in [0.2, 0.25) is 0 Å². The second-order valence-electron chi connectivity index (χ2n) is 4.58. The molecule has 0 radical (unpaired) electrons. The summed E-state index contributed by atoms with van der Waals surface area (Å²) in [6, 6.07) is 9.68. The third-order valence-electron chi connectivity index (χ3n) is 3.22. The first-order valence-electron chi connectivity index (χ1n) is 6.21. The highest BCUT2D eigenvalue weighted by molar-refractivity contribution is 7.99. The van der Waals surface area contributed by atoms with Crippen LogP contribution in [0.25, 0.3) is 10.9 Å². The summed E-state index contributed by atoms with van der Waals surface area (Å²) in [5, 5.41) is 13.6. The number of carbonyl (C=O) groups is 1. The Morgan fingerprint density at radius 1 is 1.42 bits per heavy atom. The van der Waals surface area contributed by atoms with Gasteiger partial charge < -0.3 is 10.4 Å². The zero-order valence-electron chi connectivity index (χ0n) is 10.3. The number of fused-ring (bicyclic) bond motifs is 1. The monoisotopic (exact) mass is 274 g/mol. The maximum Gasteiger partial charge on any atom is 0.354 e. The van der Waals surface area contributed by atoms with E-state index < -0.39 is 5.97 Å². The molecular weight excluding hydrogens is 260 g/mol. The molecule has 0 bridgehead atoms. The number of aromatic nitrogens is 1.